The van der Waals surface area contributed by atoms with Gasteiger partial charge in [0.25, 0.3) is 0 Å². The van der Waals surface area contributed by atoms with Crippen LogP contribution in [-0.2, 0) is 31.5 Å². The number of ether oxygens (including phenoxy) is 1. The number of halogens is 3. The van der Waals surface area contributed by atoms with Crippen molar-refractivity contribution in [3.05, 3.63) is 59.7 Å². The third kappa shape index (κ3) is 7.18. The van der Waals surface area contributed by atoms with Gasteiger partial charge in [0.2, 0.25) is 5.95 Å². The molecule has 1 saturated heterocycles. The average molecular weight is 581 g/mol. The summed E-state index contributed by atoms with van der Waals surface area (Å²) >= 11 is 0. The lowest BCUT2D eigenvalue weighted by Crippen LogP contribution is -2.37. The van der Waals surface area contributed by atoms with Gasteiger partial charge in [0.1, 0.15) is 11.6 Å². The first-order valence-electron chi connectivity index (χ1n) is 12.2. The molecule has 3 heterocycles. The predicted molar refractivity (Wildman–Crippen MR) is 142 cm³/mol. The van der Waals surface area contributed by atoms with Crippen LogP contribution < -0.4 is 9.80 Å². The lowest BCUT2D eigenvalue weighted by Gasteiger charge is -2.28. The molecule has 2 N–H and O–H groups in total. The van der Waals surface area contributed by atoms with Gasteiger partial charge >= 0.3 is 12.1 Å². The van der Waals surface area contributed by atoms with Crippen molar-refractivity contribution in [2.45, 2.75) is 18.3 Å². The summed E-state index contributed by atoms with van der Waals surface area (Å²) in [5.74, 6) is -1.11. The van der Waals surface area contributed by atoms with Crippen LogP contribution in [0.1, 0.15) is 11.1 Å². The molecular formula is C26H27F3N4O6S. The minimum atomic E-state index is -5.08. The summed E-state index contributed by atoms with van der Waals surface area (Å²) < 4.78 is 60.9. The second-order valence-corrected chi connectivity index (χ2v) is 11.4. The van der Waals surface area contributed by atoms with Crippen LogP contribution >= 0.6 is 0 Å². The number of aromatic hydroxyl groups is 1. The first-order chi connectivity index (χ1) is 18.8. The van der Waals surface area contributed by atoms with Crippen LogP contribution in [0.3, 0.4) is 0 Å². The molecule has 3 aromatic rings. The summed E-state index contributed by atoms with van der Waals surface area (Å²) in [6.07, 6.45) is -3.09. The van der Waals surface area contributed by atoms with E-state index in [1.807, 2.05) is 36.4 Å². The molecule has 10 nitrogen and oxygen atoms in total. The quantitative estimate of drug-likeness (QED) is 0.462. The third-order valence-electron chi connectivity index (χ3n) is 6.12. The number of carboxylic acid groups (broad SMARTS) is 1. The minimum absolute atomic E-state index is 0.00111. The number of rotatable bonds is 5. The summed E-state index contributed by atoms with van der Waals surface area (Å²) in [4.78, 5) is 23.0. The molecule has 5 rings (SSSR count). The molecule has 0 bridgehead atoms. The van der Waals surface area contributed by atoms with E-state index in [-0.39, 0.29) is 11.5 Å². The number of carbonyl (C=O) groups is 1. The average Bonchev–Trinajstić information content (AvgIpc) is 3.32. The van der Waals surface area contributed by atoms with Crippen LogP contribution in [0.4, 0.5) is 30.6 Å². The van der Waals surface area contributed by atoms with Gasteiger partial charge in [0.15, 0.2) is 9.84 Å². The molecule has 1 fully saturated rings. The fraction of sp³-hybridized carbons (Fsp3) is 0.346. The van der Waals surface area contributed by atoms with Crippen LogP contribution in [0.25, 0.3) is 11.3 Å². The molecule has 2 aliphatic heterocycles. The fourth-order valence-electron chi connectivity index (χ4n) is 4.41. The van der Waals surface area contributed by atoms with E-state index in [0.717, 1.165) is 40.3 Å². The Morgan fingerprint density at radius 2 is 1.73 bits per heavy atom. The molecule has 0 spiro atoms. The number of fused-ring (bicyclic) bond motifs is 1. The number of aromatic nitrogens is 2. The van der Waals surface area contributed by atoms with E-state index >= 15 is 0 Å². The SMILES string of the molecule is CS(=O)(=O)Cc1cccc(N2CCc3c(-c4cccc(O)c4)nc(N4CCOCC4)nc32)c1.O=C(O)C(F)(F)F. The van der Waals surface area contributed by atoms with Crippen LogP contribution in [0, 0.1) is 0 Å². The minimum Gasteiger partial charge on any atom is -0.508 e. The number of phenolic OH excluding ortho intramolecular Hbond substituents is 1. The Morgan fingerprint density at radius 1 is 1.05 bits per heavy atom. The summed E-state index contributed by atoms with van der Waals surface area (Å²) in [5, 5.41) is 17.2. The maximum atomic E-state index is 11.8. The number of aliphatic carboxylic acids is 1. The molecule has 0 amide bonds. The van der Waals surface area contributed by atoms with Gasteiger partial charge in [-0.3, -0.25) is 0 Å². The highest BCUT2D eigenvalue weighted by Crippen LogP contribution is 2.40. The highest BCUT2D eigenvalue weighted by molar-refractivity contribution is 7.89. The first kappa shape index (κ1) is 29.1. The molecule has 14 heteroatoms. The van der Waals surface area contributed by atoms with Crippen LogP contribution in [0.5, 0.6) is 5.75 Å². The summed E-state index contributed by atoms with van der Waals surface area (Å²) in [6.45, 7) is 3.38. The van der Waals surface area contributed by atoms with Crippen molar-refractivity contribution in [1.29, 1.82) is 0 Å². The van der Waals surface area contributed by atoms with Crippen molar-refractivity contribution in [3.8, 4) is 17.0 Å². The van der Waals surface area contributed by atoms with Gasteiger partial charge in [-0.05, 0) is 36.2 Å². The lowest BCUT2D eigenvalue weighted by atomic mass is 10.1. The number of benzene rings is 2. The molecule has 40 heavy (non-hydrogen) atoms. The molecule has 0 unspecified atom stereocenters. The smallest absolute Gasteiger partial charge is 0.490 e. The molecule has 1 aromatic heterocycles. The maximum absolute atomic E-state index is 11.8. The van der Waals surface area contributed by atoms with E-state index in [4.69, 9.17) is 24.6 Å². The Hall–Kier alpha value is -3.91. The van der Waals surface area contributed by atoms with Crippen molar-refractivity contribution in [1.82, 2.24) is 9.97 Å². The van der Waals surface area contributed by atoms with E-state index < -0.39 is 22.0 Å². The molecule has 0 saturated carbocycles. The lowest BCUT2D eigenvalue weighted by molar-refractivity contribution is -0.192. The van der Waals surface area contributed by atoms with Gasteiger partial charge in [-0.1, -0.05) is 24.3 Å². The van der Waals surface area contributed by atoms with Crippen molar-refractivity contribution >= 4 is 33.3 Å². The van der Waals surface area contributed by atoms with E-state index in [0.29, 0.717) is 38.8 Å². The number of hydrogen-bond donors (Lipinski definition) is 2. The molecular weight excluding hydrogens is 553 g/mol. The van der Waals surface area contributed by atoms with Crippen LogP contribution in [-0.4, -0.2) is 79.8 Å². The molecule has 0 aliphatic carbocycles. The van der Waals surface area contributed by atoms with Crippen LogP contribution in [0.15, 0.2) is 48.5 Å². The molecule has 2 aromatic carbocycles. The molecule has 214 valence electrons. The van der Waals surface area contributed by atoms with E-state index in [1.165, 1.54) is 6.26 Å². The second kappa shape index (κ2) is 11.7. The van der Waals surface area contributed by atoms with Crippen molar-refractivity contribution in [2.24, 2.45) is 0 Å². The topological polar surface area (TPSA) is 133 Å². The highest BCUT2D eigenvalue weighted by Gasteiger charge is 2.38. The zero-order valence-electron chi connectivity index (χ0n) is 21.4. The number of sulfone groups is 1. The number of morpholine rings is 1. The molecule has 2 aliphatic rings. The Labute approximate surface area is 228 Å². The molecule has 0 radical (unpaired) electrons. The van der Waals surface area contributed by atoms with Gasteiger partial charge in [0.05, 0.1) is 24.7 Å². The normalized spacial score (nSPS) is 15.3. The number of anilines is 3. The van der Waals surface area contributed by atoms with Gasteiger partial charge in [-0.25, -0.2) is 18.2 Å². The number of hydrogen-bond acceptors (Lipinski definition) is 9. The molecule has 0 atom stereocenters. The number of carboxylic acids is 1. The van der Waals surface area contributed by atoms with Gasteiger partial charge in [-0.2, -0.15) is 18.2 Å². The van der Waals surface area contributed by atoms with Crippen molar-refractivity contribution < 1.29 is 41.3 Å². The Kier molecular flexibility index (Phi) is 8.49. The van der Waals surface area contributed by atoms with Crippen LogP contribution in [0.2, 0.25) is 0 Å². The number of phenols is 1. The maximum Gasteiger partial charge on any atom is 0.490 e. The fourth-order valence-corrected chi connectivity index (χ4v) is 5.19. The largest absolute Gasteiger partial charge is 0.508 e. The Bertz CT molecular complexity index is 1490. The van der Waals surface area contributed by atoms with E-state index in [9.17, 15) is 26.7 Å². The number of nitrogens with zero attached hydrogens (tertiary/aromatic N) is 4. The monoisotopic (exact) mass is 580 g/mol. The summed E-state index contributed by atoms with van der Waals surface area (Å²) in [7, 11) is -3.13. The zero-order valence-corrected chi connectivity index (χ0v) is 22.2. The highest BCUT2D eigenvalue weighted by atomic mass is 32.2. The van der Waals surface area contributed by atoms with Gasteiger partial charge in [0, 0.05) is 42.7 Å². The third-order valence-corrected chi connectivity index (χ3v) is 6.98. The predicted octanol–water partition coefficient (Wildman–Crippen LogP) is 3.56. The van der Waals surface area contributed by atoms with Crippen molar-refractivity contribution in [2.75, 3.05) is 48.9 Å². The standard InChI is InChI=1S/C24H26N4O4S.C2HF3O2/c1-33(30,31)16-17-4-2-6-19(14-17)28-9-8-21-22(18-5-3-7-20(29)15-18)25-24(26-23(21)28)27-10-12-32-13-11-27;3-2(4,5)1(6)7/h2-7,14-15,29H,8-13,16H2,1H3;(H,6,7). The van der Waals surface area contributed by atoms with Crippen molar-refractivity contribution in [3.63, 3.8) is 0 Å². The Balaban J connectivity index is 0.000000470. The van der Waals surface area contributed by atoms with Gasteiger partial charge in [-0.15, -0.1) is 0 Å². The zero-order chi connectivity index (χ0) is 29.1. The Morgan fingerprint density at radius 3 is 2.35 bits per heavy atom. The summed E-state index contributed by atoms with van der Waals surface area (Å²) in [6, 6.07) is 14.7. The number of alkyl halides is 3. The first-order valence-corrected chi connectivity index (χ1v) is 14.3. The van der Waals surface area contributed by atoms with E-state index in [2.05, 4.69) is 9.80 Å². The summed E-state index contributed by atoms with van der Waals surface area (Å²) in [5.41, 5.74) is 4.33. The van der Waals surface area contributed by atoms with Gasteiger partial charge < -0.3 is 24.7 Å². The second-order valence-electron chi connectivity index (χ2n) is 9.27. The van der Waals surface area contributed by atoms with E-state index in [1.54, 1.807) is 12.1 Å².